The van der Waals surface area contributed by atoms with Crippen molar-refractivity contribution in [2.24, 2.45) is 0 Å². The summed E-state index contributed by atoms with van der Waals surface area (Å²) in [7, 11) is 0. The van der Waals surface area contributed by atoms with Gasteiger partial charge in [0.1, 0.15) is 5.60 Å². The maximum Gasteiger partial charge on any atom is 0.339 e. The maximum absolute atomic E-state index is 13.0. The molecule has 0 aliphatic rings. The number of carbonyl (C=O) groups is 2. The number of ether oxygens (including phenoxy) is 1. The molecule has 5 aromatic rings. The van der Waals surface area contributed by atoms with Gasteiger partial charge < -0.3 is 14.6 Å². The third kappa shape index (κ3) is 6.31. The van der Waals surface area contributed by atoms with Crippen molar-refractivity contribution in [2.75, 3.05) is 0 Å². The molecule has 42 heavy (non-hydrogen) atoms. The highest BCUT2D eigenvalue weighted by Crippen LogP contribution is 2.29. The molecule has 4 aromatic carbocycles. The number of aromatic nitrogens is 1. The molecular formula is C37H38N2O3. The number of aryl methyl sites for hydroxylation is 2. The number of benzene rings is 4. The van der Waals surface area contributed by atoms with E-state index in [2.05, 4.69) is 67.1 Å². The fourth-order valence-electron chi connectivity index (χ4n) is 5.20. The normalized spacial score (nSPS) is 11.5. The van der Waals surface area contributed by atoms with Gasteiger partial charge in [0.25, 0.3) is 5.91 Å². The first kappa shape index (κ1) is 28.9. The molecular weight excluding hydrogens is 520 g/mol. The molecule has 0 radical (unpaired) electrons. The van der Waals surface area contributed by atoms with Crippen molar-refractivity contribution < 1.29 is 14.3 Å². The lowest BCUT2D eigenvalue weighted by Crippen LogP contribution is -2.24. The number of hydrogen-bond acceptors (Lipinski definition) is 3. The van der Waals surface area contributed by atoms with E-state index < -0.39 is 5.60 Å². The summed E-state index contributed by atoms with van der Waals surface area (Å²) in [5.74, 6) is -0.403. The van der Waals surface area contributed by atoms with E-state index in [1.807, 2.05) is 75.4 Å². The molecule has 5 nitrogen and oxygen atoms in total. The molecule has 0 bridgehead atoms. The average molecular weight is 559 g/mol. The van der Waals surface area contributed by atoms with Gasteiger partial charge in [-0.1, -0.05) is 72.3 Å². The van der Waals surface area contributed by atoms with Crippen molar-refractivity contribution >= 4 is 22.8 Å². The number of amides is 1. The Morgan fingerprint density at radius 3 is 2.17 bits per heavy atom. The minimum Gasteiger partial charge on any atom is -0.456 e. The Labute approximate surface area is 248 Å². The molecule has 0 aliphatic carbocycles. The van der Waals surface area contributed by atoms with Crippen LogP contribution in [0.5, 0.6) is 0 Å². The Bertz CT molecular complexity index is 1750. The zero-order valence-electron chi connectivity index (χ0n) is 25.2. The maximum atomic E-state index is 13.0. The van der Waals surface area contributed by atoms with E-state index in [4.69, 9.17) is 4.74 Å². The summed E-state index contributed by atoms with van der Waals surface area (Å²) < 4.78 is 7.93. The molecule has 1 aromatic heterocycles. The topological polar surface area (TPSA) is 60.3 Å². The van der Waals surface area contributed by atoms with Crippen LogP contribution in [0.4, 0.5) is 0 Å². The first-order valence-corrected chi connectivity index (χ1v) is 14.3. The van der Waals surface area contributed by atoms with Crippen LogP contribution < -0.4 is 5.32 Å². The van der Waals surface area contributed by atoms with Gasteiger partial charge in [-0.15, -0.1) is 0 Å². The lowest BCUT2D eigenvalue weighted by molar-refractivity contribution is 0.00703. The second kappa shape index (κ2) is 11.7. The van der Waals surface area contributed by atoms with Crippen molar-refractivity contribution in [3.05, 3.63) is 130 Å². The van der Waals surface area contributed by atoms with Gasteiger partial charge in [0.15, 0.2) is 0 Å². The zero-order valence-corrected chi connectivity index (χ0v) is 25.2. The quantitative estimate of drug-likeness (QED) is 0.205. The van der Waals surface area contributed by atoms with Crippen LogP contribution >= 0.6 is 0 Å². The van der Waals surface area contributed by atoms with Gasteiger partial charge in [-0.2, -0.15) is 0 Å². The molecule has 0 saturated carbocycles. The molecule has 214 valence electrons. The zero-order chi connectivity index (χ0) is 30.0. The molecule has 0 atom stereocenters. The van der Waals surface area contributed by atoms with Crippen molar-refractivity contribution in [3.63, 3.8) is 0 Å². The van der Waals surface area contributed by atoms with Gasteiger partial charge in [0.2, 0.25) is 0 Å². The Balaban J connectivity index is 1.35. The van der Waals surface area contributed by atoms with Crippen LogP contribution in [0.1, 0.15) is 69.4 Å². The van der Waals surface area contributed by atoms with Crippen LogP contribution in [-0.4, -0.2) is 22.0 Å². The number of rotatable bonds is 7. The Morgan fingerprint density at radius 2 is 1.48 bits per heavy atom. The molecule has 1 N–H and O–H groups in total. The lowest BCUT2D eigenvalue weighted by Gasteiger charge is -2.20. The Morgan fingerprint density at radius 1 is 0.810 bits per heavy atom. The van der Waals surface area contributed by atoms with Crippen LogP contribution in [0.25, 0.3) is 22.0 Å². The van der Waals surface area contributed by atoms with E-state index >= 15 is 0 Å². The van der Waals surface area contributed by atoms with E-state index in [0.29, 0.717) is 24.2 Å². The fraction of sp³-hybridized carbons (Fsp3) is 0.243. The average Bonchev–Trinajstić information content (AvgIpc) is 3.20. The van der Waals surface area contributed by atoms with Gasteiger partial charge in [-0.25, -0.2) is 4.79 Å². The molecule has 0 saturated heterocycles. The summed E-state index contributed by atoms with van der Waals surface area (Å²) in [5, 5.41) is 4.13. The minimum atomic E-state index is -0.560. The second-order valence-electron chi connectivity index (χ2n) is 11.9. The predicted molar refractivity (Wildman–Crippen MR) is 170 cm³/mol. The van der Waals surface area contributed by atoms with Crippen LogP contribution in [-0.2, 0) is 17.8 Å². The highest BCUT2D eigenvalue weighted by molar-refractivity contribution is 5.99. The Kier molecular flexibility index (Phi) is 8.04. The van der Waals surface area contributed by atoms with E-state index in [0.717, 1.165) is 33.2 Å². The van der Waals surface area contributed by atoms with Crippen molar-refractivity contribution in [3.8, 4) is 11.1 Å². The van der Waals surface area contributed by atoms with E-state index in [9.17, 15) is 9.59 Å². The number of carbonyl (C=O) groups excluding carboxylic acids is 2. The van der Waals surface area contributed by atoms with Crippen LogP contribution in [0.15, 0.2) is 91.0 Å². The highest BCUT2D eigenvalue weighted by Gasteiger charge is 2.21. The Hall–Kier alpha value is -4.64. The number of hydrogen-bond donors (Lipinski definition) is 1. The summed E-state index contributed by atoms with van der Waals surface area (Å²) >= 11 is 0. The molecule has 0 spiro atoms. The number of nitrogens with one attached hydrogen (secondary N) is 1. The summed E-state index contributed by atoms with van der Waals surface area (Å²) in [4.78, 5) is 25.8. The molecule has 1 amide bonds. The number of fused-ring (bicyclic) bond motifs is 1. The van der Waals surface area contributed by atoms with Gasteiger partial charge >= 0.3 is 5.97 Å². The van der Waals surface area contributed by atoms with Crippen LogP contribution in [0.3, 0.4) is 0 Å². The number of nitrogens with zero attached hydrogens (tertiary/aromatic N) is 1. The van der Waals surface area contributed by atoms with Gasteiger partial charge in [-0.3, -0.25) is 4.79 Å². The van der Waals surface area contributed by atoms with Crippen molar-refractivity contribution in [1.29, 1.82) is 0 Å². The molecule has 5 rings (SSSR count). The lowest BCUT2D eigenvalue weighted by atomic mass is 9.98. The van der Waals surface area contributed by atoms with E-state index in [1.54, 1.807) is 0 Å². The van der Waals surface area contributed by atoms with E-state index in [1.165, 1.54) is 16.8 Å². The number of esters is 1. The van der Waals surface area contributed by atoms with Crippen molar-refractivity contribution in [1.82, 2.24) is 9.88 Å². The fourth-order valence-corrected chi connectivity index (χ4v) is 5.20. The predicted octanol–water partition coefficient (Wildman–Crippen LogP) is 8.17. The standard InChI is InChI=1S/C37H38N2O3/c1-24-11-13-27(14-12-24)22-38-35(40)30-19-20-34-33(21-30)25(2)26(3)39(34)23-28-15-17-29(18-16-28)31-9-7-8-10-32(31)36(41)42-37(4,5)6/h7-21H,22-23H2,1-6H3,(H,38,40). The summed E-state index contributed by atoms with van der Waals surface area (Å²) in [6.07, 6.45) is 0. The monoisotopic (exact) mass is 558 g/mol. The van der Waals surface area contributed by atoms with E-state index in [-0.39, 0.29) is 11.9 Å². The van der Waals surface area contributed by atoms with Gasteiger partial charge in [-0.05, 0) is 93.6 Å². The minimum absolute atomic E-state index is 0.0791. The third-order valence-electron chi connectivity index (χ3n) is 7.63. The first-order chi connectivity index (χ1) is 20.0. The molecule has 0 unspecified atom stereocenters. The molecule has 0 aliphatic heterocycles. The largest absolute Gasteiger partial charge is 0.456 e. The molecule has 0 fully saturated rings. The third-order valence-corrected chi connectivity index (χ3v) is 7.63. The van der Waals surface area contributed by atoms with Gasteiger partial charge in [0, 0.05) is 35.2 Å². The van der Waals surface area contributed by atoms with Gasteiger partial charge in [0.05, 0.1) is 5.56 Å². The SMILES string of the molecule is Cc1ccc(CNC(=O)c2ccc3c(c2)c(C)c(C)n3Cc2ccc(-c3ccccc3C(=O)OC(C)(C)C)cc2)cc1. The second-order valence-corrected chi connectivity index (χ2v) is 11.9. The smallest absolute Gasteiger partial charge is 0.339 e. The highest BCUT2D eigenvalue weighted by atomic mass is 16.6. The summed E-state index contributed by atoms with van der Waals surface area (Å²) in [5.41, 5.74) is 9.32. The molecule has 1 heterocycles. The van der Waals surface area contributed by atoms with Crippen LogP contribution in [0.2, 0.25) is 0 Å². The molecule has 5 heteroatoms. The van der Waals surface area contributed by atoms with Crippen LogP contribution in [0, 0.1) is 20.8 Å². The van der Waals surface area contributed by atoms with Crippen molar-refractivity contribution in [2.45, 2.75) is 60.2 Å². The summed E-state index contributed by atoms with van der Waals surface area (Å²) in [6, 6.07) is 30.0. The first-order valence-electron chi connectivity index (χ1n) is 14.3. The summed E-state index contributed by atoms with van der Waals surface area (Å²) in [6.45, 7) is 13.1.